The lowest BCUT2D eigenvalue weighted by Crippen LogP contribution is -2.10. The number of fused-ring (bicyclic) bond motifs is 1. The van der Waals surface area contributed by atoms with Gasteiger partial charge in [-0.1, -0.05) is 18.6 Å². The van der Waals surface area contributed by atoms with Crippen molar-refractivity contribution in [1.82, 2.24) is 4.98 Å². The molecule has 0 aliphatic carbocycles. The van der Waals surface area contributed by atoms with Crippen molar-refractivity contribution >= 4 is 28.1 Å². The molecule has 2 heterocycles. The first-order valence-corrected chi connectivity index (χ1v) is 7.51. The number of nitrogen functional groups attached to an aromatic ring is 1. The second-order valence-corrected chi connectivity index (χ2v) is 6.42. The van der Waals surface area contributed by atoms with Crippen LogP contribution in [-0.4, -0.2) is 10.9 Å². The summed E-state index contributed by atoms with van der Waals surface area (Å²) in [7, 11) is 0. The van der Waals surface area contributed by atoms with Crippen molar-refractivity contribution in [2.24, 2.45) is 0 Å². The van der Waals surface area contributed by atoms with Crippen LogP contribution in [0.15, 0.2) is 12.1 Å². The molecule has 1 aromatic heterocycles. The molecule has 104 valence electrons. The smallest absolute Gasteiger partial charge is 0.232 e. The Bertz CT molecular complexity index is 705. The van der Waals surface area contributed by atoms with E-state index in [1.54, 1.807) is 0 Å². The Morgan fingerprint density at radius 3 is 2.75 bits per heavy atom. The number of hydrogen-bond donors (Lipinski definition) is 2. The standard InChI is InChI=1S/C15H17N3OS/c1-4-9-10-5-7(2)6-11(13(10)17-14(9)19)12-8(3)20-15(16)18-12/h5-6,9H,4H2,1-3H3,(H2,16,18)(H,17,19). The van der Waals surface area contributed by atoms with Gasteiger partial charge < -0.3 is 11.1 Å². The van der Waals surface area contributed by atoms with Gasteiger partial charge in [0, 0.05) is 10.4 Å². The number of aromatic nitrogens is 1. The number of hydrogen-bond acceptors (Lipinski definition) is 4. The zero-order valence-corrected chi connectivity index (χ0v) is 12.6. The number of nitrogens with zero attached hydrogens (tertiary/aromatic N) is 1. The number of amides is 1. The number of nitrogens with two attached hydrogens (primary N) is 1. The maximum atomic E-state index is 12.1. The molecule has 0 spiro atoms. The zero-order valence-electron chi connectivity index (χ0n) is 11.8. The van der Waals surface area contributed by atoms with Gasteiger partial charge in [0.1, 0.15) is 0 Å². The summed E-state index contributed by atoms with van der Waals surface area (Å²) in [6.07, 6.45) is 0.805. The van der Waals surface area contributed by atoms with Crippen LogP contribution >= 0.6 is 11.3 Å². The van der Waals surface area contributed by atoms with Gasteiger partial charge >= 0.3 is 0 Å². The molecule has 1 aromatic carbocycles. The lowest BCUT2D eigenvalue weighted by molar-refractivity contribution is -0.117. The first-order chi connectivity index (χ1) is 9.51. The molecule has 5 heteroatoms. The van der Waals surface area contributed by atoms with Gasteiger partial charge in [-0.3, -0.25) is 4.79 Å². The Morgan fingerprint density at radius 1 is 1.40 bits per heavy atom. The molecule has 0 saturated heterocycles. The molecule has 2 aromatic rings. The minimum Gasteiger partial charge on any atom is -0.375 e. The molecule has 1 atom stereocenters. The fourth-order valence-corrected chi connectivity index (χ4v) is 3.54. The van der Waals surface area contributed by atoms with Crippen LogP contribution in [0.2, 0.25) is 0 Å². The highest BCUT2D eigenvalue weighted by atomic mass is 32.1. The zero-order chi connectivity index (χ0) is 14.4. The highest BCUT2D eigenvalue weighted by molar-refractivity contribution is 7.15. The van der Waals surface area contributed by atoms with Crippen LogP contribution in [-0.2, 0) is 4.79 Å². The van der Waals surface area contributed by atoms with Crippen molar-refractivity contribution in [3.8, 4) is 11.3 Å². The predicted molar refractivity (Wildman–Crippen MR) is 83.1 cm³/mol. The Kier molecular flexibility index (Phi) is 3.01. The van der Waals surface area contributed by atoms with E-state index in [0.29, 0.717) is 5.13 Å². The molecule has 1 aliphatic heterocycles. The number of anilines is 2. The van der Waals surface area contributed by atoms with Crippen molar-refractivity contribution in [1.29, 1.82) is 0 Å². The van der Waals surface area contributed by atoms with Crippen LogP contribution in [0.3, 0.4) is 0 Å². The molecular formula is C15H17N3OS. The largest absolute Gasteiger partial charge is 0.375 e. The molecule has 4 nitrogen and oxygen atoms in total. The van der Waals surface area contributed by atoms with Gasteiger partial charge in [0.05, 0.1) is 17.3 Å². The van der Waals surface area contributed by atoms with Crippen molar-refractivity contribution in [2.45, 2.75) is 33.1 Å². The van der Waals surface area contributed by atoms with Crippen LogP contribution in [0.25, 0.3) is 11.3 Å². The summed E-state index contributed by atoms with van der Waals surface area (Å²) in [6.45, 7) is 6.09. The number of benzene rings is 1. The minimum atomic E-state index is -0.0556. The third kappa shape index (κ3) is 1.89. The Hall–Kier alpha value is -1.88. The van der Waals surface area contributed by atoms with E-state index < -0.39 is 0 Å². The number of carbonyl (C=O) groups excluding carboxylic acids is 1. The fraction of sp³-hybridized carbons (Fsp3) is 0.333. The fourth-order valence-electron chi connectivity index (χ4n) is 2.84. The van der Waals surface area contributed by atoms with E-state index in [9.17, 15) is 4.79 Å². The van der Waals surface area contributed by atoms with Crippen LogP contribution in [0.1, 0.15) is 35.3 Å². The van der Waals surface area contributed by atoms with Gasteiger partial charge in [-0.05, 0) is 31.9 Å². The van der Waals surface area contributed by atoms with Gasteiger partial charge in [0.25, 0.3) is 0 Å². The first kappa shape index (κ1) is 13.1. The molecule has 0 fully saturated rings. The monoisotopic (exact) mass is 287 g/mol. The summed E-state index contributed by atoms with van der Waals surface area (Å²) >= 11 is 1.48. The molecule has 3 rings (SSSR count). The van der Waals surface area contributed by atoms with Gasteiger partial charge in [0.15, 0.2) is 5.13 Å². The maximum absolute atomic E-state index is 12.1. The molecule has 1 aliphatic rings. The van der Waals surface area contributed by atoms with E-state index in [1.807, 2.05) is 20.8 Å². The predicted octanol–water partition coefficient (Wildman–Crippen LogP) is 3.45. The van der Waals surface area contributed by atoms with Crippen molar-refractivity contribution in [3.05, 3.63) is 28.1 Å². The normalized spacial score (nSPS) is 17.1. The number of carbonyl (C=O) groups is 1. The van der Waals surface area contributed by atoms with Gasteiger partial charge in [-0.15, -0.1) is 11.3 Å². The highest BCUT2D eigenvalue weighted by Gasteiger charge is 2.32. The van der Waals surface area contributed by atoms with E-state index in [4.69, 9.17) is 5.73 Å². The molecule has 1 amide bonds. The van der Waals surface area contributed by atoms with Crippen LogP contribution in [0.5, 0.6) is 0 Å². The first-order valence-electron chi connectivity index (χ1n) is 6.70. The average Bonchev–Trinajstić information content (AvgIpc) is 2.87. The van der Waals surface area contributed by atoms with Gasteiger partial charge in [-0.2, -0.15) is 0 Å². The summed E-state index contributed by atoms with van der Waals surface area (Å²) in [5.41, 5.74) is 10.8. The topological polar surface area (TPSA) is 68.0 Å². The lowest BCUT2D eigenvalue weighted by atomic mass is 9.93. The number of rotatable bonds is 2. The summed E-state index contributed by atoms with van der Waals surface area (Å²) in [6, 6.07) is 4.16. The third-order valence-corrected chi connectivity index (χ3v) is 4.53. The summed E-state index contributed by atoms with van der Waals surface area (Å²) in [5.74, 6) is 0.0233. The summed E-state index contributed by atoms with van der Waals surface area (Å²) < 4.78 is 0. The Morgan fingerprint density at radius 2 is 2.15 bits per heavy atom. The lowest BCUT2D eigenvalue weighted by Gasteiger charge is -2.10. The maximum Gasteiger partial charge on any atom is 0.232 e. The SMILES string of the molecule is CCC1C(=O)Nc2c(-c3nc(N)sc3C)cc(C)cc21. The highest BCUT2D eigenvalue weighted by Crippen LogP contribution is 2.43. The molecule has 20 heavy (non-hydrogen) atoms. The van der Waals surface area contributed by atoms with Crippen molar-refractivity contribution in [2.75, 3.05) is 11.1 Å². The molecule has 0 bridgehead atoms. The molecular weight excluding hydrogens is 270 g/mol. The van der Waals surface area contributed by atoms with Crippen molar-refractivity contribution < 1.29 is 4.79 Å². The second kappa shape index (κ2) is 4.59. The van der Waals surface area contributed by atoms with E-state index >= 15 is 0 Å². The van der Waals surface area contributed by atoms with Crippen LogP contribution < -0.4 is 11.1 Å². The van der Waals surface area contributed by atoms with Gasteiger partial charge in [0.2, 0.25) is 5.91 Å². The van der Waals surface area contributed by atoms with E-state index in [2.05, 4.69) is 22.4 Å². The summed E-state index contributed by atoms with van der Waals surface area (Å²) in [5, 5.41) is 3.57. The van der Waals surface area contributed by atoms with Crippen LogP contribution in [0, 0.1) is 13.8 Å². The average molecular weight is 287 g/mol. The third-order valence-electron chi connectivity index (χ3n) is 3.73. The summed E-state index contributed by atoms with van der Waals surface area (Å²) in [4.78, 5) is 17.6. The second-order valence-electron chi connectivity index (χ2n) is 5.18. The van der Waals surface area contributed by atoms with Crippen molar-refractivity contribution in [3.63, 3.8) is 0 Å². The number of aryl methyl sites for hydroxylation is 2. The Balaban J connectivity index is 2.24. The van der Waals surface area contributed by atoms with Gasteiger partial charge in [-0.25, -0.2) is 4.98 Å². The Labute approximate surface area is 122 Å². The van der Waals surface area contributed by atoms with E-state index in [1.165, 1.54) is 11.3 Å². The van der Waals surface area contributed by atoms with E-state index in [-0.39, 0.29) is 11.8 Å². The minimum absolute atomic E-state index is 0.0556. The molecule has 3 N–H and O–H groups in total. The van der Waals surface area contributed by atoms with E-state index in [0.717, 1.165) is 39.4 Å². The number of nitrogens with one attached hydrogen (secondary N) is 1. The number of thiazole rings is 1. The quantitative estimate of drug-likeness (QED) is 0.889. The molecule has 0 radical (unpaired) electrons. The molecule has 0 saturated carbocycles. The van der Waals surface area contributed by atoms with Crippen LogP contribution in [0.4, 0.5) is 10.8 Å². The molecule has 1 unspecified atom stereocenters.